The zero-order chi connectivity index (χ0) is 22.6. The van der Waals surface area contributed by atoms with Crippen LogP contribution in [0.4, 0.5) is 0 Å². The third kappa shape index (κ3) is 4.85. The van der Waals surface area contributed by atoms with Crippen LogP contribution in [0.2, 0.25) is 0 Å². The van der Waals surface area contributed by atoms with Crippen molar-refractivity contribution in [3.8, 4) is 11.5 Å². The minimum Gasteiger partial charge on any atom is -0.454 e. The van der Waals surface area contributed by atoms with Gasteiger partial charge < -0.3 is 14.2 Å². The topological polar surface area (TPSA) is 77.8 Å². The summed E-state index contributed by atoms with van der Waals surface area (Å²) in [5.41, 5.74) is 3.69. The van der Waals surface area contributed by atoms with Crippen molar-refractivity contribution in [2.45, 2.75) is 26.1 Å². The van der Waals surface area contributed by atoms with Crippen molar-refractivity contribution in [2.24, 2.45) is 0 Å². The summed E-state index contributed by atoms with van der Waals surface area (Å²) in [5.74, 6) is 2.53. The molecule has 0 aliphatic carbocycles. The minimum absolute atomic E-state index is 0.00477. The maximum Gasteiger partial charge on any atom is 0.231 e. The van der Waals surface area contributed by atoms with Gasteiger partial charge in [0.05, 0.1) is 19.2 Å². The molecule has 1 saturated heterocycles. The molecule has 5 rings (SSSR count). The number of methoxy groups -OCH3 is 1. The normalized spacial score (nSPS) is 17.4. The van der Waals surface area contributed by atoms with Crippen molar-refractivity contribution in [2.75, 3.05) is 46.7 Å². The molecule has 1 fully saturated rings. The summed E-state index contributed by atoms with van der Waals surface area (Å²) < 4.78 is 18.1. The molecule has 0 spiro atoms. The predicted octanol–water partition coefficient (Wildman–Crippen LogP) is 2.26. The SMILES string of the molecule is COCCn1nnnc1[C@@H](c1ccc(C)cc1)N1CCN(Cc2ccc3c(c2)OCO3)CC1. The van der Waals surface area contributed by atoms with Gasteiger partial charge in [-0.1, -0.05) is 35.9 Å². The Balaban J connectivity index is 1.31. The summed E-state index contributed by atoms with van der Waals surface area (Å²) in [7, 11) is 1.70. The zero-order valence-corrected chi connectivity index (χ0v) is 19.2. The maximum absolute atomic E-state index is 5.54. The second-order valence-corrected chi connectivity index (χ2v) is 8.57. The van der Waals surface area contributed by atoms with Gasteiger partial charge in [0, 0.05) is 39.8 Å². The van der Waals surface area contributed by atoms with E-state index in [0.717, 1.165) is 50.0 Å². The van der Waals surface area contributed by atoms with Crippen LogP contribution in [0.1, 0.15) is 28.6 Å². The fourth-order valence-electron chi connectivity index (χ4n) is 4.49. The number of nitrogens with zero attached hydrogens (tertiary/aromatic N) is 6. The molecular formula is C24H30N6O3. The Labute approximate surface area is 193 Å². The Morgan fingerprint density at radius 1 is 1.00 bits per heavy atom. The first-order valence-corrected chi connectivity index (χ1v) is 11.4. The second-order valence-electron chi connectivity index (χ2n) is 8.57. The lowest BCUT2D eigenvalue weighted by molar-refractivity contribution is 0.0988. The molecule has 1 aromatic heterocycles. The number of hydrogen-bond donors (Lipinski definition) is 0. The largest absolute Gasteiger partial charge is 0.454 e. The van der Waals surface area contributed by atoms with Crippen LogP contribution in [0.3, 0.4) is 0 Å². The first-order valence-electron chi connectivity index (χ1n) is 11.4. The van der Waals surface area contributed by atoms with Crippen LogP contribution < -0.4 is 9.47 Å². The Morgan fingerprint density at radius 3 is 2.58 bits per heavy atom. The summed E-state index contributed by atoms with van der Waals surface area (Å²) in [6.45, 7) is 8.31. The molecule has 0 radical (unpaired) electrons. The van der Waals surface area contributed by atoms with E-state index in [1.165, 1.54) is 16.7 Å². The summed E-state index contributed by atoms with van der Waals surface area (Å²) in [6, 6.07) is 14.9. The number of tetrazole rings is 1. The average Bonchev–Trinajstić information content (AvgIpc) is 3.49. The predicted molar refractivity (Wildman–Crippen MR) is 122 cm³/mol. The zero-order valence-electron chi connectivity index (χ0n) is 19.2. The van der Waals surface area contributed by atoms with Crippen LogP contribution in [-0.4, -0.2) is 76.7 Å². The molecule has 33 heavy (non-hydrogen) atoms. The lowest BCUT2D eigenvalue weighted by Gasteiger charge is -2.39. The van der Waals surface area contributed by atoms with Crippen LogP contribution in [-0.2, 0) is 17.8 Å². The lowest BCUT2D eigenvalue weighted by atomic mass is 10.0. The summed E-state index contributed by atoms with van der Waals surface area (Å²) in [6.07, 6.45) is 0. The molecular weight excluding hydrogens is 420 g/mol. The van der Waals surface area contributed by atoms with Crippen LogP contribution >= 0.6 is 0 Å². The minimum atomic E-state index is 0.00477. The van der Waals surface area contributed by atoms with Crippen molar-refractivity contribution in [1.29, 1.82) is 0 Å². The van der Waals surface area contributed by atoms with Crippen LogP contribution in [0, 0.1) is 6.92 Å². The van der Waals surface area contributed by atoms with E-state index in [0.29, 0.717) is 19.9 Å². The molecule has 2 aromatic carbocycles. The van der Waals surface area contributed by atoms with Gasteiger partial charge in [-0.25, -0.2) is 4.68 Å². The monoisotopic (exact) mass is 450 g/mol. The molecule has 0 bridgehead atoms. The number of piperazine rings is 1. The standard InChI is InChI=1S/C24H30N6O3/c1-18-3-6-20(7-4-18)23(24-25-26-27-30(24)13-14-31-2)29-11-9-28(10-12-29)16-19-5-8-21-22(15-19)33-17-32-21/h3-8,15,23H,9-14,16-17H2,1-2H3/t23-/m1/s1. The van der Waals surface area contributed by atoms with E-state index in [-0.39, 0.29) is 6.04 Å². The quantitative estimate of drug-likeness (QED) is 0.517. The molecule has 1 atom stereocenters. The maximum atomic E-state index is 5.54. The Bertz CT molecular complexity index is 1060. The number of rotatable bonds is 8. The Kier molecular flexibility index (Phi) is 6.52. The van der Waals surface area contributed by atoms with Crippen LogP contribution in [0.25, 0.3) is 0 Å². The first kappa shape index (κ1) is 21.8. The van der Waals surface area contributed by atoms with E-state index < -0.39 is 0 Å². The summed E-state index contributed by atoms with van der Waals surface area (Å²) in [4.78, 5) is 4.96. The van der Waals surface area contributed by atoms with Crippen LogP contribution in [0.5, 0.6) is 11.5 Å². The van der Waals surface area contributed by atoms with Gasteiger partial charge in [-0.2, -0.15) is 0 Å². The molecule has 0 amide bonds. The highest BCUT2D eigenvalue weighted by Gasteiger charge is 2.30. The second kappa shape index (κ2) is 9.86. The van der Waals surface area contributed by atoms with Gasteiger partial charge in [-0.3, -0.25) is 9.80 Å². The average molecular weight is 451 g/mol. The van der Waals surface area contributed by atoms with Crippen LogP contribution in [0.15, 0.2) is 42.5 Å². The number of aryl methyl sites for hydroxylation is 1. The lowest BCUT2D eigenvalue weighted by Crippen LogP contribution is -2.48. The molecule has 0 saturated carbocycles. The number of benzene rings is 2. The molecule has 0 unspecified atom stereocenters. The van der Waals surface area contributed by atoms with E-state index in [9.17, 15) is 0 Å². The van der Waals surface area contributed by atoms with Crippen molar-refractivity contribution >= 4 is 0 Å². The fraction of sp³-hybridized carbons (Fsp3) is 0.458. The third-order valence-electron chi connectivity index (χ3n) is 6.32. The molecule has 0 N–H and O–H groups in total. The Morgan fingerprint density at radius 2 is 1.79 bits per heavy atom. The molecule has 3 aromatic rings. The summed E-state index contributed by atoms with van der Waals surface area (Å²) >= 11 is 0. The number of ether oxygens (including phenoxy) is 3. The number of aromatic nitrogens is 4. The van der Waals surface area contributed by atoms with Gasteiger partial charge in [0.15, 0.2) is 17.3 Å². The number of fused-ring (bicyclic) bond motifs is 1. The molecule has 2 aliphatic heterocycles. The third-order valence-corrected chi connectivity index (χ3v) is 6.32. The van der Waals surface area contributed by atoms with E-state index in [1.54, 1.807) is 7.11 Å². The van der Waals surface area contributed by atoms with Gasteiger partial charge in [0.2, 0.25) is 6.79 Å². The highest BCUT2D eigenvalue weighted by atomic mass is 16.7. The van der Waals surface area contributed by atoms with E-state index in [1.807, 2.05) is 10.7 Å². The van der Waals surface area contributed by atoms with Gasteiger partial charge in [-0.05, 0) is 40.6 Å². The van der Waals surface area contributed by atoms with Crippen molar-refractivity contribution in [3.63, 3.8) is 0 Å². The van der Waals surface area contributed by atoms with Crippen molar-refractivity contribution in [1.82, 2.24) is 30.0 Å². The van der Waals surface area contributed by atoms with E-state index >= 15 is 0 Å². The number of hydrogen-bond acceptors (Lipinski definition) is 8. The molecule has 9 nitrogen and oxygen atoms in total. The van der Waals surface area contributed by atoms with Gasteiger partial charge in [-0.15, -0.1) is 5.10 Å². The summed E-state index contributed by atoms with van der Waals surface area (Å²) in [5, 5.41) is 12.6. The molecule has 2 aliphatic rings. The highest BCUT2D eigenvalue weighted by Crippen LogP contribution is 2.33. The first-order chi connectivity index (χ1) is 16.2. The van der Waals surface area contributed by atoms with Crippen molar-refractivity contribution in [3.05, 3.63) is 65.0 Å². The van der Waals surface area contributed by atoms with E-state index in [2.05, 4.69) is 68.6 Å². The van der Waals surface area contributed by atoms with Gasteiger partial charge in [0.1, 0.15) is 0 Å². The fourth-order valence-corrected chi connectivity index (χ4v) is 4.49. The van der Waals surface area contributed by atoms with Gasteiger partial charge in [0.25, 0.3) is 0 Å². The van der Waals surface area contributed by atoms with Crippen molar-refractivity contribution < 1.29 is 14.2 Å². The molecule has 174 valence electrons. The smallest absolute Gasteiger partial charge is 0.231 e. The highest BCUT2D eigenvalue weighted by molar-refractivity contribution is 5.44. The van der Waals surface area contributed by atoms with Gasteiger partial charge >= 0.3 is 0 Å². The molecule has 9 heteroatoms. The molecule has 3 heterocycles. The Hall–Kier alpha value is -3.01. The van der Waals surface area contributed by atoms with E-state index in [4.69, 9.17) is 14.2 Å².